The lowest BCUT2D eigenvalue weighted by Crippen LogP contribution is -2.44. The van der Waals surface area contributed by atoms with Crippen LogP contribution in [-0.4, -0.2) is 50.2 Å². The van der Waals surface area contributed by atoms with Gasteiger partial charge in [-0.25, -0.2) is 9.67 Å². The number of piperidine rings is 1. The Morgan fingerprint density at radius 2 is 1.81 bits per heavy atom. The molecule has 0 spiro atoms. The number of carbonyl (C=O) groups is 1. The van der Waals surface area contributed by atoms with Gasteiger partial charge in [0.25, 0.3) is 0 Å². The monoisotopic (exact) mass is 416 g/mol. The van der Waals surface area contributed by atoms with Crippen LogP contribution in [0.1, 0.15) is 35.4 Å². The van der Waals surface area contributed by atoms with E-state index in [0.717, 1.165) is 62.6 Å². The maximum atomic E-state index is 13.1. The number of nitrogens with zero attached hydrogens (tertiary/aromatic N) is 6. The van der Waals surface area contributed by atoms with Gasteiger partial charge in [-0.1, -0.05) is 24.3 Å². The van der Waals surface area contributed by atoms with Crippen molar-refractivity contribution in [2.45, 2.75) is 39.7 Å². The summed E-state index contributed by atoms with van der Waals surface area (Å²) in [6.07, 6.45) is 4.42. The first kappa shape index (κ1) is 19.7. The van der Waals surface area contributed by atoms with E-state index in [1.165, 1.54) is 11.1 Å². The van der Waals surface area contributed by atoms with E-state index in [0.29, 0.717) is 11.9 Å². The van der Waals surface area contributed by atoms with Crippen LogP contribution in [0.4, 0.5) is 5.95 Å². The number of aromatic nitrogens is 4. The standard InChI is InChI=1S/C24H28N6O/c1-17-15-18(2)30(27-17)22-7-11-25-24(26-22)28-12-9-20(10-13-28)23(31)29-14-8-19-5-3-4-6-21(19)16-29/h3-7,11,15,20H,8-10,12-14,16H2,1-2H3. The normalized spacial score (nSPS) is 17.0. The van der Waals surface area contributed by atoms with Gasteiger partial charge >= 0.3 is 0 Å². The fourth-order valence-corrected chi connectivity index (χ4v) is 4.74. The third-order valence-electron chi connectivity index (χ3n) is 6.42. The van der Waals surface area contributed by atoms with Crippen LogP contribution in [0, 0.1) is 19.8 Å². The Morgan fingerprint density at radius 3 is 2.55 bits per heavy atom. The van der Waals surface area contributed by atoms with Gasteiger partial charge in [-0.2, -0.15) is 10.1 Å². The van der Waals surface area contributed by atoms with Crippen LogP contribution in [0.25, 0.3) is 5.82 Å². The van der Waals surface area contributed by atoms with Crippen LogP contribution in [0.15, 0.2) is 42.6 Å². The minimum atomic E-state index is 0.0840. The first-order chi connectivity index (χ1) is 15.1. The zero-order valence-electron chi connectivity index (χ0n) is 18.2. The largest absolute Gasteiger partial charge is 0.341 e. The maximum Gasteiger partial charge on any atom is 0.227 e. The van der Waals surface area contributed by atoms with Crippen molar-refractivity contribution in [3.63, 3.8) is 0 Å². The summed E-state index contributed by atoms with van der Waals surface area (Å²) in [7, 11) is 0. The SMILES string of the molecule is Cc1cc(C)n(-c2ccnc(N3CCC(C(=O)N4CCc5ccccc5C4)CC3)n2)n1. The van der Waals surface area contributed by atoms with Crippen LogP contribution in [0.2, 0.25) is 0 Å². The minimum Gasteiger partial charge on any atom is -0.341 e. The Balaban J connectivity index is 1.23. The third kappa shape index (κ3) is 3.92. The molecule has 2 aromatic heterocycles. The highest BCUT2D eigenvalue weighted by atomic mass is 16.2. The maximum absolute atomic E-state index is 13.1. The first-order valence-corrected chi connectivity index (χ1v) is 11.1. The molecular formula is C24H28N6O. The van der Waals surface area contributed by atoms with E-state index >= 15 is 0 Å². The summed E-state index contributed by atoms with van der Waals surface area (Å²) in [6.45, 7) is 7.15. The number of amides is 1. The Hall–Kier alpha value is -3.22. The summed E-state index contributed by atoms with van der Waals surface area (Å²) in [6, 6.07) is 12.4. The van der Waals surface area contributed by atoms with Gasteiger partial charge in [0.2, 0.25) is 11.9 Å². The molecule has 4 heterocycles. The molecule has 1 aromatic carbocycles. The predicted molar refractivity (Wildman–Crippen MR) is 119 cm³/mol. The average molecular weight is 417 g/mol. The number of rotatable bonds is 3. The lowest BCUT2D eigenvalue weighted by molar-refractivity contribution is -0.137. The number of carbonyl (C=O) groups excluding carboxylic acids is 1. The molecule has 0 unspecified atom stereocenters. The summed E-state index contributed by atoms with van der Waals surface area (Å²) >= 11 is 0. The Morgan fingerprint density at radius 1 is 1.03 bits per heavy atom. The summed E-state index contributed by atoms with van der Waals surface area (Å²) in [5.41, 5.74) is 4.68. The average Bonchev–Trinajstić information content (AvgIpc) is 3.16. The van der Waals surface area contributed by atoms with Gasteiger partial charge < -0.3 is 9.80 Å². The molecule has 3 aromatic rings. The lowest BCUT2D eigenvalue weighted by Gasteiger charge is -2.36. The molecule has 0 N–H and O–H groups in total. The molecule has 31 heavy (non-hydrogen) atoms. The van der Waals surface area contributed by atoms with Crippen molar-refractivity contribution in [3.05, 3.63) is 65.1 Å². The van der Waals surface area contributed by atoms with Crippen molar-refractivity contribution in [3.8, 4) is 5.82 Å². The fourth-order valence-electron chi connectivity index (χ4n) is 4.74. The van der Waals surface area contributed by atoms with Gasteiger partial charge in [0.15, 0.2) is 5.82 Å². The molecule has 160 valence electrons. The van der Waals surface area contributed by atoms with Crippen LogP contribution in [0.3, 0.4) is 0 Å². The second-order valence-corrected chi connectivity index (χ2v) is 8.59. The van der Waals surface area contributed by atoms with E-state index in [1.54, 1.807) is 6.20 Å². The van der Waals surface area contributed by atoms with Gasteiger partial charge in [-0.15, -0.1) is 0 Å². The molecule has 0 atom stereocenters. The smallest absolute Gasteiger partial charge is 0.227 e. The Kier molecular flexibility index (Phi) is 5.18. The van der Waals surface area contributed by atoms with E-state index in [2.05, 4.69) is 39.2 Å². The second-order valence-electron chi connectivity index (χ2n) is 8.59. The highest BCUT2D eigenvalue weighted by molar-refractivity contribution is 5.79. The molecule has 1 amide bonds. The van der Waals surface area contributed by atoms with E-state index < -0.39 is 0 Å². The summed E-state index contributed by atoms with van der Waals surface area (Å²) in [5, 5.41) is 4.53. The molecule has 1 saturated heterocycles. The van der Waals surface area contributed by atoms with E-state index in [9.17, 15) is 4.79 Å². The van der Waals surface area contributed by atoms with Gasteiger partial charge in [0.1, 0.15) is 0 Å². The Labute approximate surface area is 182 Å². The van der Waals surface area contributed by atoms with Gasteiger partial charge in [-0.05, 0) is 50.3 Å². The number of aryl methyl sites for hydroxylation is 2. The molecule has 0 saturated carbocycles. The van der Waals surface area contributed by atoms with Crippen LogP contribution in [-0.2, 0) is 17.8 Å². The van der Waals surface area contributed by atoms with Gasteiger partial charge in [0.05, 0.1) is 5.69 Å². The van der Waals surface area contributed by atoms with E-state index in [-0.39, 0.29) is 5.92 Å². The van der Waals surface area contributed by atoms with Crippen LogP contribution < -0.4 is 4.90 Å². The minimum absolute atomic E-state index is 0.0840. The van der Waals surface area contributed by atoms with Crippen molar-refractivity contribution in [2.75, 3.05) is 24.5 Å². The number of benzene rings is 1. The van der Waals surface area contributed by atoms with Crippen molar-refractivity contribution in [1.29, 1.82) is 0 Å². The van der Waals surface area contributed by atoms with Crippen LogP contribution in [0.5, 0.6) is 0 Å². The summed E-state index contributed by atoms with van der Waals surface area (Å²) < 4.78 is 1.85. The summed E-state index contributed by atoms with van der Waals surface area (Å²) in [5.74, 6) is 1.87. The molecule has 0 aliphatic carbocycles. The second kappa shape index (κ2) is 8.13. The molecule has 7 heteroatoms. The van der Waals surface area contributed by atoms with Crippen molar-refractivity contribution in [1.82, 2.24) is 24.6 Å². The molecule has 2 aliphatic rings. The molecule has 5 rings (SSSR count). The summed E-state index contributed by atoms with van der Waals surface area (Å²) in [4.78, 5) is 26.6. The van der Waals surface area contributed by atoms with Gasteiger partial charge in [-0.3, -0.25) is 4.79 Å². The lowest BCUT2D eigenvalue weighted by atomic mass is 9.93. The predicted octanol–water partition coefficient (Wildman–Crippen LogP) is 3.08. The quantitative estimate of drug-likeness (QED) is 0.656. The number of anilines is 1. The zero-order chi connectivity index (χ0) is 21.4. The first-order valence-electron chi connectivity index (χ1n) is 11.1. The van der Waals surface area contributed by atoms with Crippen molar-refractivity contribution >= 4 is 11.9 Å². The molecule has 7 nitrogen and oxygen atoms in total. The van der Waals surface area contributed by atoms with Crippen molar-refractivity contribution < 1.29 is 4.79 Å². The highest BCUT2D eigenvalue weighted by Crippen LogP contribution is 2.26. The zero-order valence-corrected chi connectivity index (χ0v) is 18.2. The van der Waals surface area contributed by atoms with Crippen molar-refractivity contribution in [2.24, 2.45) is 5.92 Å². The number of fused-ring (bicyclic) bond motifs is 1. The third-order valence-corrected chi connectivity index (χ3v) is 6.42. The van der Waals surface area contributed by atoms with E-state index in [1.807, 2.05) is 35.6 Å². The molecule has 1 fully saturated rings. The van der Waals surface area contributed by atoms with Gasteiger partial charge in [0, 0.05) is 50.1 Å². The molecule has 0 bridgehead atoms. The number of hydrogen-bond donors (Lipinski definition) is 0. The number of hydrogen-bond acceptors (Lipinski definition) is 5. The fraction of sp³-hybridized carbons (Fsp3) is 0.417. The molecular weight excluding hydrogens is 388 g/mol. The Bertz CT molecular complexity index is 1100. The molecule has 2 aliphatic heterocycles. The topological polar surface area (TPSA) is 67.2 Å². The highest BCUT2D eigenvalue weighted by Gasteiger charge is 2.31. The molecule has 0 radical (unpaired) electrons. The van der Waals surface area contributed by atoms with Crippen LogP contribution >= 0.6 is 0 Å². The van der Waals surface area contributed by atoms with E-state index in [4.69, 9.17) is 4.98 Å².